The highest BCUT2D eigenvalue weighted by atomic mass is 35.5. The first-order chi connectivity index (χ1) is 14.4. The Bertz CT molecular complexity index is 1280. The molecular formula is C18H13Cl3F3N3O2S2. The number of halogens is 6. The van der Waals surface area contributed by atoms with Crippen LogP contribution in [0.4, 0.5) is 13.2 Å². The van der Waals surface area contributed by atoms with Crippen molar-refractivity contribution in [3.63, 3.8) is 0 Å². The summed E-state index contributed by atoms with van der Waals surface area (Å²) in [6, 6.07) is 5.46. The van der Waals surface area contributed by atoms with Crippen LogP contribution in [-0.2, 0) is 16.2 Å². The lowest BCUT2D eigenvalue weighted by Gasteiger charge is -2.20. The molecule has 3 heterocycles. The molecule has 0 spiro atoms. The van der Waals surface area contributed by atoms with E-state index in [-0.39, 0.29) is 44.2 Å². The van der Waals surface area contributed by atoms with Crippen molar-refractivity contribution >= 4 is 62.1 Å². The van der Waals surface area contributed by atoms with Crippen molar-refractivity contribution in [2.45, 2.75) is 11.6 Å². The van der Waals surface area contributed by atoms with E-state index in [0.717, 1.165) is 18.5 Å². The number of rotatable bonds is 3. The first kappa shape index (κ1) is 23.0. The standard InChI is InChI=1S/C18H13Cl3F3N3O2S2/c1-31(28,29)27-5-6-30-17(27)14-15-12(21)7-9(18(22,23)24)8-26(15)16(25-14)13-10(19)3-2-4-11(13)20/h2-4,7-8,17H,5-6H2,1H3. The van der Waals surface area contributed by atoms with Crippen molar-refractivity contribution in [3.8, 4) is 11.4 Å². The lowest BCUT2D eigenvalue weighted by atomic mass is 10.2. The summed E-state index contributed by atoms with van der Waals surface area (Å²) in [6.07, 6.45) is -2.73. The molecule has 31 heavy (non-hydrogen) atoms. The van der Waals surface area contributed by atoms with Gasteiger partial charge in [-0.1, -0.05) is 40.9 Å². The molecule has 1 unspecified atom stereocenters. The molecule has 1 atom stereocenters. The SMILES string of the molecule is CS(=O)(=O)N1CCSC1c1nc(-c2c(Cl)cccc2Cl)n2cc(C(F)(F)F)cc(Cl)c12. The molecule has 5 nitrogen and oxygen atoms in total. The summed E-state index contributed by atoms with van der Waals surface area (Å²) in [6.45, 7) is 0.244. The Morgan fingerprint density at radius 2 is 1.81 bits per heavy atom. The van der Waals surface area contributed by atoms with Gasteiger partial charge in [-0.3, -0.25) is 4.40 Å². The van der Waals surface area contributed by atoms with Gasteiger partial charge in [0, 0.05) is 18.5 Å². The largest absolute Gasteiger partial charge is 0.417 e. The van der Waals surface area contributed by atoms with E-state index in [9.17, 15) is 21.6 Å². The van der Waals surface area contributed by atoms with Gasteiger partial charge in [-0.05, 0) is 18.2 Å². The Kier molecular flexibility index (Phi) is 5.94. The number of fused-ring (bicyclic) bond motifs is 1. The number of hydrogen-bond acceptors (Lipinski definition) is 4. The lowest BCUT2D eigenvalue weighted by molar-refractivity contribution is -0.137. The van der Waals surface area contributed by atoms with Gasteiger partial charge < -0.3 is 0 Å². The van der Waals surface area contributed by atoms with Gasteiger partial charge >= 0.3 is 6.18 Å². The van der Waals surface area contributed by atoms with E-state index in [4.69, 9.17) is 34.8 Å². The predicted molar refractivity (Wildman–Crippen MR) is 117 cm³/mol. The van der Waals surface area contributed by atoms with Crippen LogP contribution in [0.5, 0.6) is 0 Å². The maximum absolute atomic E-state index is 13.5. The monoisotopic (exact) mass is 529 g/mol. The fourth-order valence-electron chi connectivity index (χ4n) is 3.42. The highest BCUT2D eigenvalue weighted by Crippen LogP contribution is 2.45. The van der Waals surface area contributed by atoms with Crippen molar-refractivity contribution in [1.82, 2.24) is 13.7 Å². The number of aromatic nitrogens is 2. The van der Waals surface area contributed by atoms with Crippen LogP contribution in [0.15, 0.2) is 30.5 Å². The van der Waals surface area contributed by atoms with Gasteiger partial charge in [0.25, 0.3) is 0 Å². The molecule has 0 N–H and O–H groups in total. The average Bonchev–Trinajstić information content (AvgIpc) is 3.26. The Labute approximate surface area is 195 Å². The van der Waals surface area contributed by atoms with E-state index >= 15 is 0 Å². The molecule has 1 aliphatic heterocycles. The summed E-state index contributed by atoms with van der Waals surface area (Å²) in [7, 11) is -3.60. The van der Waals surface area contributed by atoms with Crippen LogP contribution in [0, 0.1) is 0 Å². The molecule has 4 rings (SSSR count). The topological polar surface area (TPSA) is 54.7 Å². The molecule has 1 aliphatic rings. The zero-order chi connectivity index (χ0) is 22.7. The number of benzene rings is 1. The van der Waals surface area contributed by atoms with E-state index in [0.29, 0.717) is 5.75 Å². The van der Waals surface area contributed by atoms with Gasteiger partial charge in [0.15, 0.2) is 0 Å². The van der Waals surface area contributed by atoms with Crippen molar-refractivity contribution in [2.24, 2.45) is 0 Å². The maximum Gasteiger partial charge on any atom is 0.417 e. The first-order valence-electron chi connectivity index (χ1n) is 8.71. The van der Waals surface area contributed by atoms with Crippen molar-refractivity contribution in [3.05, 3.63) is 56.8 Å². The second kappa shape index (κ2) is 8.00. The van der Waals surface area contributed by atoms with Crippen LogP contribution in [0.25, 0.3) is 16.9 Å². The van der Waals surface area contributed by atoms with Gasteiger partial charge in [0.1, 0.15) is 11.2 Å². The lowest BCUT2D eigenvalue weighted by Crippen LogP contribution is -2.29. The smallest absolute Gasteiger partial charge is 0.297 e. The summed E-state index contributed by atoms with van der Waals surface area (Å²) >= 11 is 20.2. The molecule has 0 aliphatic carbocycles. The maximum atomic E-state index is 13.5. The number of alkyl halides is 3. The summed E-state index contributed by atoms with van der Waals surface area (Å²) in [5, 5.41) is -0.612. The number of hydrogen-bond donors (Lipinski definition) is 0. The number of pyridine rings is 1. The van der Waals surface area contributed by atoms with Crippen molar-refractivity contribution < 1.29 is 21.6 Å². The van der Waals surface area contributed by atoms with Crippen LogP contribution >= 0.6 is 46.6 Å². The fourth-order valence-corrected chi connectivity index (χ4v) is 7.05. The fraction of sp³-hybridized carbons (Fsp3) is 0.278. The van der Waals surface area contributed by atoms with Crippen LogP contribution in [0.2, 0.25) is 15.1 Å². The third-order valence-electron chi connectivity index (χ3n) is 4.74. The number of nitrogens with zero attached hydrogens (tertiary/aromatic N) is 3. The second-order valence-electron chi connectivity index (χ2n) is 6.81. The molecular weight excluding hydrogens is 518 g/mol. The summed E-state index contributed by atoms with van der Waals surface area (Å²) < 4.78 is 67.4. The normalized spacial score (nSPS) is 18.2. The minimum atomic E-state index is -4.66. The molecule has 1 aromatic carbocycles. The second-order valence-corrected chi connectivity index (χ2v) is 11.2. The third-order valence-corrected chi connectivity index (χ3v) is 8.25. The Balaban J connectivity index is 2.08. The molecule has 0 saturated carbocycles. The van der Waals surface area contributed by atoms with Gasteiger partial charge in [-0.25, -0.2) is 13.4 Å². The molecule has 0 bridgehead atoms. The van der Waals surface area contributed by atoms with Gasteiger partial charge in [-0.2, -0.15) is 17.5 Å². The average molecular weight is 531 g/mol. The highest BCUT2D eigenvalue weighted by molar-refractivity contribution is 8.00. The van der Waals surface area contributed by atoms with E-state index in [2.05, 4.69) is 4.98 Å². The summed E-state index contributed by atoms with van der Waals surface area (Å²) in [4.78, 5) is 4.53. The van der Waals surface area contributed by atoms with Crippen molar-refractivity contribution in [2.75, 3.05) is 18.6 Å². The Hall–Kier alpha value is -1.17. The van der Waals surface area contributed by atoms with Gasteiger partial charge in [-0.15, -0.1) is 11.8 Å². The molecule has 13 heteroatoms. The number of thioether (sulfide) groups is 1. The first-order valence-corrected chi connectivity index (χ1v) is 12.7. The van der Waals surface area contributed by atoms with Crippen LogP contribution < -0.4 is 0 Å². The molecule has 1 saturated heterocycles. The van der Waals surface area contributed by atoms with Crippen LogP contribution in [0.3, 0.4) is 0 Å². The van der Waals surface area contributed by atoms with E-state index < -0.39 is 27.1 Å². The quantitative estimate of drug-likeness (QED) is 0.418. The minimum absolute atomic E-state index is 0.0366. The van der Waals surface area contributed by atoms with Gasteiger partial charge in [0.2, 0.25) is 10.0 Å². The molecule has 2 aromatic heterocycles. The molecule has 3 aromatic rings. The Morgan fingerprint density at radius 1 is 1.16 bits per heavy atom. The van der Waals surface area contributed by atoms with E-state index in [1.165, 1.54) is 32.6 Å². The zero-order valence-electron chi connectivity index (χ0n) is 15.6. The zero-order valence-corrected chi connectivity index (χ0v) is 19.5. The number of imidazole rings is 1. The van der Waals surface area contributed by atoms with Crippen molar-refractivity contribution in [1.29, 1.82) is 0 Å². The highest BCUT2D eigenvalue weighted by Gasteiger charge is 2.39. The van der Waals surface area contributed by atoms with E-state index in [1.807, 2.05) is 0 Å². The predicted octanol–water partition coefficient (Wildman–Crippen LogP) is 5.99. The summed E-state index contributed by atoms with van der Waals surface area (Å²) in [5.41, 5.74) is -0.389. The molecule has 0 radical (unpaired) electrons. The minimum Gasteiger partial charge on any atom is -0.297 e. The third kappa shape index (κ3) is 4.14. The van der Waals surface area contributed by atoms with E-state index in [1.54, 1.807) is 6.07 Å². The number of sulfonamides is 1. The van der Waals surface area contributed by atoms with Crippen LogP contribution in [-0.4, -0.2) is 40.7 Å². The van der Waals surface area contributed by atoms with Crippen LogP contribution in [0.1, 0.15) is 16.6 Å². The van der Waals surface area contributed by atoms with Gasteiger partial charge in [0.05, 0.1) is 43.7 Å². The summed E-state index contributed by atoms with van der Waals surface area (Å²) in [5.74, 6) is 0.534. The molecule has 1 fully saturated rings. The molecule has 0 amide bonds. The Morgan fingerprint density at radius 3 is 2.39 bits per heavy atom. The molecule has 166 valence electrons.